The Kier molecular flexibility index (Phi) is 7.32. The lowest BCUT2D eigenvalue weighted by Crippen LogP contribution is -2.45. The Bertz CT molecular complexity index is 1500. The molecule has 1 N–H and O–H groups in total. The molecular formula is C32H29FN2O4. The Morgan fingerprint density at radius 1 is 0.923 bits per heavy atom. The molecule has 2 amide bonds. The average Bonchev–Trinajstić information content (AvgIpc) is 2.95. The lowest BCUT2D eigenvalue weighted by Gasteiger charge is -2.42. The van der Waals surface area contributed by atoms with E-state index in [-0.39, 0.29) is 24.2 Å². The van der Waals surface area contributed by atoms with Crippen LogP contribution >= 0.6 is 0 Å². The van der Waals surface area contributed by atoms with Crippen LogP contribution in [0.4, 0.5) is 10.1 Å². The van der Waals surface area contributed by atoms with E-state index < -0.39 is 12.0 Å². The molecule has 6 nitrogen and oxygen atoms in total. The molecule has 5 rings (SSSR count). The van der Waals surface area contributed by atoms with Crippen molar-refractivity contribution >= 4 is 17.5 Å². The van der Waals surface area contributed by atoms with Gasteiger partial charge in [-0.05, 0) is 71.6 Å². The standard InChI is InChI=1S/C32H29FN2O4/c1-20-8-17-28(39-3)27(18-20)34-31(36)29-25-6-4-5-7-26(25)32(37)35(19-21-9-13-23(33)14-10-21)30(29)22-11-15-24(38-2)16-12-22/h4-18,29-30H,19H2,1-3H3,(H,34,36)/t29-,30+/m1/s1. The second-order valence-electron chi connectivity index (χ2n) is 9.54. The molecule has 39 heavy (non-hydrogen) atoms. The van der Waals surface area contributed by atoms with E-state index in [1.807, 2.05) is 61.5 Å². The van der Waals surface area contributed by atoms with E-state index in [9.17, 15) is 14.0 Å². The summed E-state index contributed by atoms with van der Waals surface area (Å²) < 4.78 is 24.5. The predicted molar refractivity (Wildman–Crippen MR) is 148 cm³/mol. The number of ether oxygens (including phenoxy) is 2. The van der Waals surface area contributed by atoms with Gasteiger partial charge < -0.3 is 19.7 Å². The molecule has 198 valence electrons. The number of amides is 2. The number of methoxy groups -OCH3 is 2. The third-order valence-electron chi connectivity index (χ3n) is 7.06. The summed E-state index contributed by atoms with van der Waals surface area (Å²) in [6.45, 7) is 2.13. The molecular weight excluding hydrogens is 495 g/mol. The maximum atomic E-state index is 14.2. The third-order valence-corrected chi connectivity index (χ3v) is 7.06. The number of carbonyl (C=O) groups excluding carboxylic acids is 2. The first-order valence-corrected chi connectivity index (χ1v) is 12.6. The Morgan fingerprint density at radius 2 is 1.64 bits per heavy atom. The van der Waals surface area contributed by atoms with Gasteiger partial charge in [0.1, 0.15) is 17.3 Å². The molecule has 0 unspecified atom stereocenters. The first kappa shape index (κ1) is 26.0. The predicted octanol–water partition coefficient (Wildman–Crippen LogP) is 6.27. The number of halogens is 1. The van der Waals surface area contributed by atoms with Gasteiger partial charge in [-0.2, -0.15) is 0 Å². The number of nitrogens with one attached hydrogen (secondary N) is 1. The fourth-order valence-corrected chi connectivity index (χ4v) is 5.14. The number of fused-ring (bicyclic) bond motifs is 1. The van der Waals surface area contributed by atoms with E-state index in [1.165, 1.54) is 12.1 Å². The molecule has 0 saturated carbocycles. The van der Waals surface area contributed by atoms with Crippen molar-refractivity contribution in [2.75, 3.05) is 19.5 Å². The van der Waals surface area contributed by atoms with Crippen molar-refractivity contribution in [1.82, 2.24) is 4.90 Å². The van der Waals surface area contributed by atoms with Gasteiger partial charge in [-0.15, -0.1) is 0 Å². The van der Waals surface area contributed by atoms with E-state index in [4.69, 9.17) is 9.47 Å². The summed E-state index contributed by atoms with van der Waals surface area (Å²) in [5, 5.41) is 3.07. The molecule has 2 atom stereocenters. The first-order valence-electron chi connectivity index (χ1n) is 12.6. The van der Waals surface area contributed by atoms with Crippen molar-refractivity contribution in [1.29, 1.82) is 0 Å². The Morgan fingerprint density at radius 3 is 2.33 bits per heavy atom. The highest BCUT2D eigenvalue weighted by Gasteiger charge is 2.44. The van der Waals surface area contributed by atoms with Crippen molar-refractivity contribution < 1.29 is 23.5 Å². The second kappa shape index (κ2) is 11.0. The summed E-state index contributed by atoms with van der Waals surface area (Å²) in [4.78, 5) is 29.8. The van der Waals surface area contributed by atoms with Crippen molar-refractivity contribution in [3.63, 3.8) is 0 Å². The Hall–Kier alpha value is -4.65. The Balaban J connectivity index is 1.64. The van der Waals surface area contributed by atoms with Crippen molar-refractivity contribution in [3.05, 3.63) is 125 Å². The van der Waals surface area contributed by atoms with Crippen LogP contribution in [0.2, 0.25) is 0 Å². The van der Waals surface area contributed by atoms with Crippen LogP contribution in [0.15, 0.2) is 91.0 Å². The summed E-state index contributed by atoms with van der Waals surface area (Å²) in [5.41, 5.74) is 4.15. The van der Waals surface area contributed by atoms with E-state index >= 15 is 0 Å². The van der Waals surface area contributed by atoms with Crippen LogP contribution in [0.3, 0.4) is 0 Å². The highest BCUT2D eigenvalue weighted by Crippen LogP contribution is 2.44. The fourth-order valence-electron chi connectivity index (χ4n) is 5.14. The van der Waals surface area contributed by atoms with Crippen LogP contribution in [0.1, 0.15) is 44.6 Å². The van der Waals surface area contributed by atoms with Crippen LogP contribution in [-0.2, 0) is 11.3 Å². The number of hydrogen-bond acceptors (Lipinski definition) is 4. The maximum absolute atomic E-state index is 14.2. The van der Waals surface area contributed by atoms with Gasteiger partial charge in [0.2, 0.25) is 5.91 Å². The molecule has 1 aliphatic heterocycles. The largest absolute Gasteiger partial charge is 0.497 e. The highest BCUT2D eigenvalue weighted by atomic mass is 19.1. The topological polar surface area (TPSA) is 67.9 Å². The smallest absolute Gasteiger partial charge is 0.255 e. The number of carbonyl (C=O) groups is 2. The molecule has 0 aromatic heterocycles. The molecule has 4 aromatic carbocycles. The van der Waals surface area contributed by atoms with Gasteiger partial charge in [0.05, 0.1) is 31.9 Å². The van der Waals surface area contributed by atoms with Crippen LogP contribution in [0, 0.1) is 12.7 Å². The van der Waals surface area contributed by atoms with Gasteiger partial charge in [0.25, 0.3) is 5.91 Å². The lowest BCUT2D eigenvalue weighted by molar-refractivity contribution is -0.119. The number of nitrogens with zero attached hydrogens (tertiary/aromatic N) is 1. The molecule has 4 aromatic rings. The number of aryl methyl sites for hydroxylation is 1. The zero-order valence-corrected chi connectivity index (χ0v) is 22.0. The number of benzene rings is 4. The Labute approximate surface area is 227 Å². The van der Waals surface area contributed by atoms with Crippen LogP contribution in [0.25, 0.3) is 0 Å². The average molecular weight is 525 g/mol. The minimum Gasteiger partial charge on any atom is -0.497 e. The van der Waals surface area contributed by atoms with Gasteiger partial charge in [-0.1, -0.05) is 48.5 Å². The monoisotopic (exact) mass is 524 g/mol. The summed E-state index contributed by atoms with van der Waals surface area (Å²) in [6.07, 6.45) is 0. The van der Waals surface area contributed by atoms with Crippen LogP contribution in [0.5, 0.6) is 11.5 Å². The number of hydrogen-bond donors (Lipinski definition) is 1. The molecule has 1 heterocycles. The maximum Gasteiger partial charge on any atom is 0.255 e. The van der Waals surface area contributed by atoms with Gasteiger partial charge in [-0.25, -0.2) is 4.39 Å². The highest BCUT2D eigenvalue weighted by molar-refractivity contribution is 6.04. The van der Waals surface area contributed by atoms with Crippen molar-refractivity contribution in [2.45, 2.75) is 25.4 Å². The van der Waals surface area contributed by atoms with E-state index in [0.717, 1.165) is 16.7 Å². The van der Waals surface area contributed by atoms with Gasteiger partial charge in [0.15, 0.2) is 0 Å². The van der Waals surface area contributed by atoms with Gasteiger partial charge in [-0.3, -0.25) is 9.59 Å². The molecule has 7 heteroatoms. The van der Waals surface area contributed by atoms with Crippen LogP contribution < -0.4 is 14.8 Å². The zero-order valence-electron chi connectivity index (χ0n) is 22.0. The molecule has 0 radical (unpaired) electrons. The van der Waals surface area contributed by atoms with Crippen molar-refractivity contribution in [3.8, 4) is 11.5 Å². The lowest BCUT2D eigenvalue weighted by atomic mass is 9.79. The molecule has 0 spiro atoms. The molecule has 0 aliphatic carbocycles. The normalized spacial score (nSPS) is 16.4. The quantitative estimate of drug-likeness (QED) is 0.309. The molecule has 0 fully saturated rings. The molecule has 1 aliphatic rings. The SMILES string of the molecule is COc1ccc([C@H]2[C@H](C(=O)Nc3cc(C)ccc3OC)c3ccccc3C(=O)N2Cc2ccc(F)cc2)cc1. The van der Waals surface area contributed by atoms with E-state index in [1.54, 1.807) is 43.4 Å². The molecule has 0 bridgehead atoms. The van der Waals surface area contributed by atoms with E-state index in [0.29, 0.717) is 28.3 Å². The second-order valence-corrected chi connectivity index (χ2v) is 9.54. The van der Waals surface area contributed by atoms with Gasteiger partial charge in [0, 0.05) is 12.1 Å². The third kappa shape index (κ3) is 5.21. The summed E-state index contributed by atoms with van der Waals surface area (Å²) >= 11 is 0. The summed E-state index contributed by atoms with van der Waals surface area (Å²) in [7, 11) is 3.14. The summed E-state index contributed by atoms with van der Waals surface area (Å²) in [5.74, 6) is -0.366. The minimum absolute atomic E-state index is 0.196. The number of rotatable bonds is 7. The molecule has 0 saturated heterocycles. The number of anilines is 1. The zero-order chi connectivity index (χ0) is 27.5. The first-order chi connectivity index (χ1) is 18.9. The van der Waals surface area contributed by atoms with Gasteiger partial charge >= 0.3 is 0 Å². The van der Waals surface area contributed by atoms with E-state index in [2.05, 4.69) is 5.32 Å². The summed E-state index contributed by atoms with van der Waals surface area (Å²) in [6, 6.07) is 25.6. The fraction of sp³-hybridized carbons (Fsp3) is 0.188. The minimum atomic E-state index is -0.738. The van der Waals surface area contributed by atoms with Crippen molar-refractivity contribution in [2.24, 2.45) is 0 Å². The van der Waals surface area contributed by atoms with Crippen LogP contribution in [-0.4, -0.2) is 30.9 Å².